The molecule has 1 aromatic heterocycles. The molecule has 0 bridgehead atoms. The lowest BCUT2D eigenvalue weighted by atomic mass is 10.2. The summed E-state index contributed by atoms with van der Waals surface area (Å²) in [5.41, 5.74) is 0.311. The van der Waals surface area contributed by atoms with Crippen molar-refractivity contribution in [3.05, 3.63) is 57.9 Å². The SMILES string of the molecule is O=Cc1ccc(C(=O)Nc2ccccc2[N+](=O)[O-])[nH]1. The monoisotopic (exact) mass is 259 g/mol. The van der Waals surface area contributed by atoms with Crippen LogP contribution in [0.15, 0.2) is 36.4 Å². The van der Waals surface area contributed by atoms with Crippen molar-refractivity contribution in [2.45, 2.75) is 0 Å². The average molecular weight is 259 g/mol. The van der Waals surface area contributed by atoms with E-state index in [0.717, 1.165) is 0 Å². The number of hydrogen-bond donors (Lipinski definition) is 2. The van der Waals surface area contributed by atoms with Crippen molar-refractivity contribution in [3.63, 3.8) is 0 Å². The third-order valence-electron chi connectivity index (χ3n) is 2.43. The first-order valence-electron chi connectivity index (χ1n) is 5.31. The largest absolute Gasteiger partial charge is 0.348 e. The number of anilines is 1. The van der Waals surface area contributed by atoms with Gasteiger partial charge in [-0.05, 0) is 18.2 Å². The Hall–Kier alpha value is -2.96. The number of nitrogens with zero attached hydrogens (tertiary/aromatic N) is 1. The van der Waals surface area contributed by atoms with Crippen LogP contribution in [0.25, 0.3) is 0 Å². The molecular formula is C12H9N3O4. The molecule has 0 spiro atoms. The van der Waals surface area contributed by atoms with Gasteiger partial charge < -0.3 is 10.3 Å². The topological polar surface area (TPSA) is 105 Å². The number of H-pyrrole nitrogens is 1. The van der Waals surface area contributed by atoms with E-state index < -0.39 is 10.8 Å². The van der Waals surface area contributed by atoms with Gasteiger partial charge in [0.25, 0.3) is 11.6 Å². The average Bonchev–Trinajstić information content (AvgIpc) is 2.88. The number of para-hydroxylation sites is 2. The van der Waals surface area contributed by atoms with Crippen molar-refractivity contribution < 1.29 is 14.5 Å². The van der Waals surface area contributed by atoms with E-state index in [4.69, 9.17) is 0 Å². The molecule has 19 heavy (non-hydrogen) atoms. The highest BCUT2D eigenvalue weighted by Crippen LogP contribution is 2.23. The van der Waals surface area contributed by atoms with Gasteiger partial charge in [-0.15, -0.1) is 0 Å². The summed E-state index contributed by atoms with van der Waals surface area (Å²) < 4.78 is 0. The second kappa shape index (κ2) is 5.13. The first-order chi connectivity index (χ1) is 9.11. The molecule has 0 aliphatic rings. The van der Waals surface area contributed by atoms with Crippen LogP contribution in [-0.2, 0) is 0 Å². The van der Waals surface area contributed by atoms with Crippen molar-refractivity contribution in [3.8, 4) is 0 Å². The van der Waals surface area contributed by atoms with Gasteiger partial charge >= 0.3 is 0 Å². The zero-order valence-corrected chi connectivity index (χ0v) is 9.62. The molecule has 1 amide bonds. The van der Waals surface area contributed by atoms with E-state index in [1.165, 1.54) is 30.3 Å². The van der Waals surface area contributed by atoms with Crippen LogP contribution >= 0.6 is 0 Å². The minimum Gasteiger partial charge on any atom is -0.348 e. The molecule has 96 valence electrons. The van der Waals surface area contributed by atoms with Gasteiger partial charge in [-0.25, -0.2) is 0 Å². The first-order valence-corrected chi connectivity index (χ1v) is 5.31. The molecule has 0 saturated carbocycles. The lowest BCUT2D eigenvalue weighted by Crippen LogP contribution is -2.13. The molecule has 7 nitrogen and oxygen atoms in total. The van der Waals surface area contributed by atoms with Crippen LogP contribution in [-0.4, -0.2) is 22.1 Å². The summed E-state index contributed by atoms with van der Waals surface area (Å²) >= 11 is 0. The Balaban J connectivity index is 2.24. The van der Waals surface area contributed by atoms with Crippen LogP contribution < -0.4 is 5.32 Å². The Morgan fingerprint density at radius 2 is 2.00 bits per heavy atom. The fraction of sp³-hybridized carbons (Fsp3) is 0. The third kappa shape index (κ3) is 2.65. The third-order valence-corrected chi connectivity index (χ3v) is 2.43. The summed E-state index contributed by atoms with van der Waals surface area (Å²) in [6, 6.07) is 8.68. The minimum absolute atomic E-state index is 0.0970. The Labute approximate surface area is 107 Å². The summed E-state index contributed by atoms with van der Waals surface area (Å²) in [4.78, 5) is 35.1. The van der Waals surface area contributed by atoms with Gasteiger partial charge in [0.2, 0.25) is 0 Å². The van der Waals surface area contributed by atoms with Crippen molar-refractivity contribution >= 4 is 23.6 Å². The van der Waals surface area contributed by atoms with E-state index in [-0.39, 0.29) is 22.8 Å². The molecule has 0 aliphatic heterocycles. The molecule has 0 aliphatic carbocycles. The van der Waals surface area contributed by atoms with E-state index in [1.807, 2.05) is 0 Å². The fourth-order valence-electron chi connectivity index (χ4n) is 1.54. The number of benzene rings is 1. The summed E-state index contributed by atoms with van der Waals surface area (Å²) in [5.74, 6) is -0.553. The first kappa shape index (κ1) is 12.5. The number of hydrogen-bond acceptors (Lipinski definition) is 4. The number of nitro groups is 1. The summed E-state index contributed by atoms with van der Waals surface area (Å²) in [5, 5.41) is 13.2. The highest BCUT2D eigenvalue weighted by molar-refractivity contribution is 6.04. The lowest BCUT2D eigenvalue weighted by Gasteiger charge is -2.04. The zero-order valence-electron chi connectivity index (χ0n) is 9.62. The predicted octanol–water partition coefficient (Wildman–Crippen LogP) is 1.99. The highest BCUT2D eigenvalue weighted by Gasteiger charge is 2.16. The fourth-order valence-corrected chi connectivity index (χ4v) is 1.54. The normalized spacial score (nSPS) is 9.89. The van der Waals surface area contributed by atoms with Gasteiger partial charge in [0, 0.05) is 6.07 Å². The van der Waals surface area contributed by atoms with E-state index in [1.54, 1.807) is 6.07 Å². The number of nitrogens with one attached hydrogen (secondary N) is 2. The van der Waals surface area contributed by atoms with Crippen LogP contribution in [0.1, 0.15) is 21.0 Å². The molecule has 2 N–H and O–H groups in total. The highest BCUT2D eigenvalue weighted by atomic mass is 16.6. The van der Waals surface area contributed by atoms with Gasteiger partial charge in [0.05, 0.1) is 10.6 Å². The molecule has 0 unspecified atom stereocenters. The number of nitro benzene ring substituents is 1. The molecule has 1 aromatic carbocycles. The van der Waals surface area contributed by atoms with E-state index in [9.17, 15) is 19.7 Å². The smallest absolute Gasteiger partial charge is 0.292 e. The standard InChI is InChI=1S/C12H9N3O4/c16-7-8-5-6-10(13-8)12(17)14-9-3-1-2-4-11(9)15(18)19/h1-7,13H,(H,14,17). The quantitative estimate of drug-likeness (QED) is 0.497. The van der Waals surface area contributed by atoms with Crippen LogP contribution in [0, 0.1) is 10.1 Å². The molecule has 7 heteroatoms. The summed E-state index contributed by atoms with van der Waals surface area (Å²) in [6.45, 7) is 0. The van der Waals surface area contributed by atoms with Gasteiger partial charge in [-0.1, -0.05) is 12.1 Å². The summed E-state index contributed by atoms with van der Waals surface area (Å²) in [7, 11) is 0. The number of amides is 1. The Bertz CT molecular complexity index is 648. The molecule has 2 rings (SSSR count). The number of carbonyl (C=O) groups is 2. The second-order valence-corrected chi connectivity index (χ2v) is 3.67. The Morgan fingerprint density at radius 1 is 1.26 bits per heavy atom. The maximum atomic E-state index is 11.8. The molecule has 0 atom stereocenters. The predicted molar refractivity (Wildman–Crippen MR) is 67.2 cm³/mol. The van der Waals surface area contributed by atoms with Crippen LogP contribution in [0.4, 0.5) is 11.4 Å². The van der Waals surface area contributed by atoms with Gasteiger partial charge in [-0.3, -0.25) is 19.7 Å². The Kier molecular flexibility index (Phi) is 3.37. The van der Waals surface area contributed by atoms with Gasteiger partial charge in [0.15, 0.2) is 6.29 Å². The molecule has 1 heterocycles. The van der Waals surface area contributed by atoms with E-state index in [0.29, 0.717) is 6.29 Å². The van der Waals surface area contributed by atoms with Gasteiger partial charge in [0.1, 0.15) is 11.4 Å². The molecular weight excluding hydrogens is 250 g/mol. The maximum Gasteiger partial charge on any atom is 0.292 e. The van der Waals surface area contributed by atoms with Crippen molar-refractivity contribution in [1.82, 2.24) is 4.98 Å². The van der Waals surface area contributed by atoms with Crippen molar-refractivity contribution in [1.29, 1.82) is 0 Å². The summed E-state index contributed by atoms with van der Waals surface area (Å²) in [6.07, 6.45) is 0.571. The zero-order chi connectivity index (χ0) is 13.8. The second-order valence-electron chi connectivity index (χ2n) is 3.67. The molecule has 0 saturated heterocycles. The molecule has 0 radical (unpaired) electrons. The van der Waals surface area contributed by atoms with Crippen molar-refractivity contribution in [2.75, 3.05) is 5.32 Å². The van der Waals surface area contributed by atoms with E-state index in [2.05, 4.69) is 10.3 Å². The lowest BCUT2D eigenvalue weighted by molar-refractivity contribution is -0.383. The Morgan fingerprint density at radius 3 is 2.63 bits per heavy atom. The minimum atomic E-state index is -0.582. The maximum absolute atomic E-state index is 11.8. The van der Waals surface area contributed by atoms with Crippen LogP contribution in [0.2, 0.25) is 0 Å². The van der Waals surface area contributed by atoms with Crippen LogP contribution in [0.5, 0.6) is 0 Å². The van der Waals surface area contributed by atoms with Crippen LogP contribution in [0.3, 0.4) is 0 Å². The number of carbonyl (C=O) groups excluding carboxylic acids is 2. The number of aromatic nitrogens is 1. The molecule has 0 fully saturated rings. The van der Waals surface area contributed by atoms with E-state index >= 15 is 0 Å². The molecule has 2 aromatic rings. The van der Waals surface area contributed by atoms with Crippen molar-refractivity contribution in [2.24, 2.45) is 0 Å². The van der Waals surface area contributed by atoms with Gasteiger partial charge in [-0.2, -0.15) is 0 Å². The number of aldehydes is 1. The number of rotatable bonds is 4. The number of aromatic amines is 1.